The molecule has 2 heteroatoms. The fourth-order valence-corrected chi connectivity index (χ4v) is 9.50. The molecule has 11 aromatic rings. The second kappa shape index (κ2) is 10.2. The van der Waals surface area contributed by atoms with Gasteiger partial charge < -0.3 is 8.83 Å². The van der Waals surface area contributed by atoms with E-state index in [9.17, 15) is 0 Å². The minimum absolute atomic E-state index is 0.0429. The average Bonchev–Trinajstić information content (AvgIpc) is 3.85. The van der Waals surface area contributed by atoms with E-state index in [1.165, 1.54) is 71.3 Å². The first-order valence-corrected chi connectivity index (χ1v) is 18.4. The standard InChI is InChI=1S/C51H32O2/c1-51(2)44-16-8-7-14-40(44)48-32(15-9-17-45(48)51)31-20-25-47-43(28-31)39-23-22-38-42-27-30(19-24-46(42)52-49(38)50(39)53-47)29-18-21-37-35-12-4-3-10-33(35)34-11-5-6-13-36(34)41(37)26-29/h3-28H,1-2H3. The SMILES string of the molecule is CC1(C)c2ccccc2-c2c(-c3ccc4oc5c(ccc6c7cc(-c8ccc9c%10ccccc%10c%10ccccc%10c9c8)ccc7oc65)c4c3)cccc21. The van der Waals surface area contributed by atoms with Gasteiger partial charge in [0.05, 0.1) is 0 Å². The summed E-state index contributed by atoms with van der Waals surface area (Å²) in [4.78, 5) is 0. The summed E-state index contributed by atoms with van der Waals surface area (Å²) < 4.78 is 13.2. The molecule has 0 saturated carbocycles. The van der Waals surface area contributed by atoms with Crippen molar-refractivity contribution in [2.75, 3.05) is 0 Å². The fourth-order valence-electron chi connectivity index (χ4n) is 9.50. The van der Waals surface area contributed by atoms with Gasteiger partial charge in [-0.05, 0) is 119 Å². The van der Waals surface area contributed by atoms with E-state index in [1.807, 2.05) is 0 Å². The maximum atomic E-state index is 6.61. The highest BCUT2D eigenvalue weighted by molar-refractivity contribution is 6.26. The predicted molar refractivity (Wildman–Crippen MR) is 222 cm³/mol. The van der Waals surface area contributed by atoms with Gasteiger partial charge in [-0.3, -0.25) is 0 Å². The maximum Gasteiger partial charge on any atom is 0.178 e. The molecule has 0 N–H and O–H groups in total. The van der Waals surface area contributed by atoms with Gasteiger partial charge in [0, 0.05) is 27.0 Å². The first-order valence-electron chi connectivity index (χ1n) is 18.4. The summed E-state index contributed by atoms with van der Waals surface area (Å²) in [6.07, 6.45) is 0. The molecule has 0 fully saturated rings. The number of hydrogen-bond donors (Lipinski definition) is 0. The fraction of sp³-hybridized carbons (Fsp3) is 0.0588. The lowest BCUT2D eigenvalue weighted by molar-refractivity contribution is 0.633. The molecule has 2 nitrogen and oxygen atoms in total. The van der Waals surface area contributed by atoms with Gasteiger partial charge in [0.1, 0.15) is 11.2 Å². The third kappa shape index (κ3) is 3.87. The summed E-state index contributed by atoms with van der Waals surface area (Å²) in [7, 11) is 0. The lowest BCUT2D eigenvalue weighted by Gasteiger charge is -2.21. The molecule has 2 heterocycles. The molecule has 2 aromatic heterocycles. The molecule has 248 valence electrons. The number of rotatable bonds is 2. The van der Waals surface area contributed by atoms with Gasteiger partial charge in [-0.25, -0.2) is 0 Å². The van der Waals surface area contributed by atoms with E-state index in [0.717, 1.165) is 49.4 Å². The summed E-state index contributed by atoms with van der Waals surface area (Å²) >= 11 is 0. The van der Waals surface area contributed by atoms with Crippen molar-refractivity contribution >= 4 is 76.2 Å². The van der Waals surface area contributed by atoms with E-state index in [1.54, 1.807) is 0 Å². The Hall–Kier alpha value is -6.64. The van der Waals surface area contributed by atoms with E-state index in [4.69, 9.17) is 8.83 Å². The molecule has 0 amide bonds. The predicted octanol–water partition coefficient (Wildman–Crippen LogP) is 14.6. The van der Waals surface area contributed by atoms with Crippen LogP contribution in [0.3, 0.4) is 0 Å². The van der Waals surface area contributed by atoms with Crippen molar-refractivity contribution in [2.24, 2.45) is 0 Å². The zero-order chi connectivity index (χ0) is 35.0. The zero-order valence-electron chi connectivity index (χ0n) is 29.3. The van der Waals surface area contributed by atoms with Crippen LogP contribution in [0.2, 0.25) is 0 Å². The summed E-state index contributed by atoms with van der Waals surface area (Å²) in [5, 5.41) is 12.0. The van der Waals surface area contributed by atoms with Gasteiger partial charge in [-0.15, -0.1) is 0 Å². The Balaban J connectivity index is 1.01. The van der Waals surface area contributed by atoms with Crippen LogP contribution in [0.25, 0.3) is 110 Å². The molecule has 0 spiro atoms. The Bertz CT molecular complexity index is 3330. The molecule has 0 atom stereocenters. The van der Waals surface area contributed by atoms with Crippen molar-refractivity contribution in [1.29, 1.82) is 0 Å². The van der Waals surface area contributed by atoms with Crippen LogP contribution in [0.15, 0.2) is 167 Å². The van der Waals surface area contributed by atoms with Crippen LogP contribution in [-0.2, 0) is 5.41 Å². The van der Waals surface area contributed by atoms with Crippen molar-refractivity contribution in [3.63, 3.8) is 0 Å². The molecule has 0 unspecified atom stereocenters. The van der Waals surface area contributed by atoms with Crippen molar-refractivity contribution in [1.82, 2.24) is 0 Å². The van der Waals surface area contributed by atoms with E-state index < -0.39 is 0 Å². The van der Waals surface area contributed by atoms with E-state index >= 15 is 0 Å². The third-order valence-corrected chi connectivity index (χ3v) is 12.1. The number of furan rings is 2. The molecule has 0 saturated heterocycles. The van der Waals surface area contributed by atoms with Gasteiger partial charge in [-0.2, -0.15) is 0 Å². The smallest absolute Gasteiger partial charge is 0.178 e. The monoisotopic (exact) mass is 676 g/mol. The highest BCUT2D eigenvalue weighted by atomic mass is 16.4. The van der Waals surface area contributed by atoms with Gasteiger partial charge in [0.25, 0.3) is 0 Å². The quantitative estimate of drug-likeness (QED) is 0.170. The van der Waals surface area contributed by atoms with Crippen LogP contribution in [0, 0.1) is 0 Å². The van der Waals surface area contributed by atoms with Crippen molar-refractivity contribution < 1.29 is 8.83 Å². The second-order valence-electron chi connectivity index (χ2n) is 15.2. The van der Waals surface area contributed by atoms with Gasteiger partial charge in [0.2, 0.25) is 0 Å². The van der Waals surface area contributed by atoms with Gasteiger partial charge in [0.15, 0.2) is 11.2 Å². The molecule has 9 aromatic carbocycles. The normalized spacial score (nSPS) is 13.6. The molecule has 0 radical (unpaired) electrons. The molecule has 0 bridgehead atoms. The Labute approximate surface area is 305 Å². The summed E-state index contributed by atoms with van der Waals surface area (Å²) in [6, 6.07) is 57.6. The van der Waals surface area contributed by atoms with Crippen LogP contribution in [0.4, 0.5) is 0 Å². The Morgan fingerprint density at radius 1 is 0.340 bits per heavy atom. The number of hydrogen-bond acceptors (Lipinski definition) is 2. The van der Waals surface area contributed by atoms with E-state index in [-0.39, 0.29) is 5.41 Å². The molecule has 1 aliphatic rings. The van der Waals surface area contributed by atoms with Crippen LogP contribution in [-0.4, -0.2) is 0 Å². The highest BCUT2D eigenvalue weighted by Gasteiger charge is 2.36. The minimum Gasteiger partial charge on any atom is -0.452 e. The maximum absolute atomic E-state index is 6.61. The minimum atomic E-state index is -0.0429. The van der Waals surface area contributed by atoms with Crippen molar-refractivity contribution in [2.45, 2.75) is 19.3 Å². The largest absolute Gasteiger partial charge is 0.452 e. The zero-order valence-corrected chi connectivity index (χ0v) is 29.3. The van der Waals surface area contributed by atoms with Crippen molar-refractivity contribution in [3.05, 3.63) is 169 Å². The van der Waals surface area contributed by atoms with Crippen LogP contribution in [0.5, 0.6) is 0 Å². The molecule has 1 aliphatic carbocycles. The van der Waals surface area contributed by atoms with Crippen LogP contribution in [0.1, 0.15) is 25.0 Å². The van der Waals surface area contributed by atoms with Crippen LogP contribution >= 0.6 is 0 Å². The third-order valence-electron chi connectivity index (χ3n) is 12.1. The van der Waals surface area contributed by atoms with E-state index in [0.29, 0.717) is 0 Å². The summed E-state index contributed by atoms with van der Waals surface area (Å²) in [5.74, 6) is 0. The number of benzene rings is 9. The average molecular weight is 677 g/mol. The molecular weight excluding hydrogens is 645 g/mol. The molecule has 53 heavy (non-hydrogen) atoms. The lowest BCUT2D eigenvalue weighted by Crippen LogP contribution is -2.14. The first kappa shape index (κ1) is 29.0. The lowest BCUT2D eigenvalue weighted by atomic mass is 9.82. The first-order chi connectivity index (χ1) is 26.0. The molecule has 0 aliphatic heterocycles. The van der Waals surface area contributed by atoms with Crippen molar-refractivity contribution in [3.8, 4) is 33.4 Å². The summed E-state index contributed by atoms with van der Waals surface area (Å²) in [5.41, 5.74) is 13.5. The Kier molecular flexibility index (Phi) is 5.60. The molecule has 12 rings (SSSR count). The topological polar surface area (TPSA) is 26.3 Å². The number of fused-ring (bicyclic) bond motifs is 16. The van der Waals surface area contributed by atoms with E-state index in [2.05, 4.69) is 172 Å². The van der Waals surface area contributed by atoms with Gasteiger partial charge in [-0.1, -0.05) is 129 Å². The summed E-state index contributed by atoms with van der Waals surface area (Å²) in [6.45, 7) is 4.67. The Morgan fingerprint density at radius 2 is 0.792 bits per heavy atom. The second-order valence-corrected chi connectivity index (χ2v) is 15.2. The Morgan fingerprint density at radius 3 is 1.45 bits per heavy atom. The molecular formula is C51H32O2. The van der Waals surface area contributed by atoms with Gasteiger partial charge >= 0.3 is 0 Å². The highest BCUT2D eigenvalue weighted by Crippen LogP contribution is 2.52. The van der Waals surface area contributed by atoms with Crippen LogP contribution < -0.4 is 0 Å².